The monoisotopic (exact) mass is 390 g/mol. The third-order valence-electron chi connectivity index (χ3n) is 3.06. The molecule has 0 aliphatic heterocycles. The summed E-state index contributed by atoms with van der Waals surface area (Å²) in [4.78, 5) is 0.114. The minimum Gasteiger partial charge on any atom is -0.383 e. The van der Waals surface area contributed by atoms with Gasteiger partial charge in [0.2, 0.25) is 20.0 Å². The molecular weight excluding hydrogens is 372 g/mol. The maximum Gasteiger partial charge on any atom is 0.250 e. The standard InChI is InChI=1S/C14H18N2O5S3/c1-21-9-8-15-23(17,18)13-6-4-12(5-7-13)11-16-24(19,20)14-3-2-10-22-14/h2-7,10,15-16H,8-9,11H2,1H3. The Hall–Kier alpha value is -1.30. The van der Waals surface area contributed by atoms with E-state index in [0.717, 1.165) is 11.3 Å². The average Bonchev–Trinajstić information content (AvgIpc) is 3.09. The molecule has 0 radical (unpaired) electrons. The van der Waals surface area contributed by atoms with E-state index in [1.807, 2.05) is 0 Å². The summed E-state index contributed by atoms with van der Waals surface area (Å²) in [6, 6.07) is 9.20. The van der Waals surface area contributed by atoms with Gasteiger partial charge in [-0.15, -0.1) is 11.3 Å². The van der Waals surface area contributed by atoms with Gasteiger partial charge in [0.25, 0.3) is 0 Å². The van der Waals surface area contributed by atoms with E-state index in [1.54, 1.807) is 23.6 Å². The normalized spacial score (nSPS) is 12.4. The van der Waals surface area contributed by atoms with Gasteiger partial charge >= 0.3 is 0 Å². The Morgan fingerprint density at radius 2 is 1.71 bits per heavy atom. The molecule has 1 aromatic heterocycles. The summed E-state index contributed by atoms with van der Waals surface area (Å²) in [5.74, 6) is 0. The van der Waals surface area contributed by atoms with Crippen molar-refractivity contribution in [1.82, 2.24) is 9.44 Å². The molecule has 132 valence electrons. The number of benzene rings is 1. The van der Waals surface area contributed by atoms with Gasteiger partial charge in [-0.25, -0.2) is 26.3 Å². The zero-order chi connectivity index (χ0) is 17.6. The second-order valence-corrected chi connectivity index (χ2v) is 9.50. The van der Waals surface area contributed by atoms with Crippen LogP contribution in [0.25, 0.3) is 0 Å². The topological polar surface area (TPSA) is 102 Å². The molecule has 2 aromatic rings. The second kappa shape index (κ2) is 8.19. The molecule has 2 rings (SSSR count). The van der Waals surface area contributed by atoms with Crippen molar-refractivity contribution < 1.29 is 21.6 Å². The Bertz CT molecular complexity index is 844. The van der Waals surface area contributed by atoms with Crippen LogP contribution < -0.4 is 9.44 Å². The van der Waals surface area contributed by atoms with Crippen molar-refractivity contribution in [2.45, 2.75) is 15.6 Å². The van der Waals surface area contributed by atoms with Crippen molar-refractivity contribution in [2.75, 3.05) is 20.3 Å². The summed E-state index contributed by atoms with van der Waals surface area (Å²) in [6.45, 7) is 0.542. The van der Waals surface area contributed by atoms with Crippen LogP contribution >= 0.6 is 11.3 Å². The van der Waals surface area contributed by atoms with Crippen LogP contribution in [-0.2, 0) is 31.3 Å². The number of sulfonamides is 2. The van der Waals surface area contributed by atoms with Crippen LogP contribution in [0.5, 0.6) is 0 Å². The minimum absolute atomic E-state index is 0.0810. The van der Waals surface area contributed by atoms with E-state index in [-0.39, 0.29) is 28.8 Å². The fraction of sp³-hybridized carbons (Fsp3) is 0.286. The van der Waals surface area contributed by atoms with Crippen LogP contribution in [0.1, 0.15) is 5.56 Å². The Balaban J connectivity index is 2.00. The zero-order valence-corrected chi connectivity index (χ0v) is 15.4. The SMILES string of the molecule is COCCNS(=O)(=O)c1ccc(CNS(=O)(=O)c2cccs2)cc1. The Morgan fingerprint density at radius 3 is 2.29 bits per heavy atom. The molecule has 0 spiro atoms. The fourth-order valence-corrected chi connectivity index (χ4v) is 4.88. The number of hydrogen-bond donors (Lipinski definition) is 2. The lowest BCUT2D eigenvalue weighted by molar-refractivity contribution is 0.204. The van der Waals surface area contributed by atoms with Crippen molar-refractivity contribution in [1.29, 1.82) is 0 Å². The molecule has 0 amide bonds. The molecule has 0 aliphatic rings. The molecule has 0 atom stereocenters. The number of rotatable bonds is 9. The summed E-state index contributed by atoms with van der Waals surface area (Å²) in [5, 5.41) is 1.69. The maximum atomic E-state index is 12.0. The minimum atomic E-state index is -3.60. The summed E-state index contributed by atoms with van der Waals surface area (Å²) >= 11 is 1.13. The Morgan fingerprint density at radius 1 is 1.00 bits per heavy atom. The van der Waals surface area contributed by atoms with Gasteiger partial charge in [-0.05, 0) is 29.1 Å². The number of nitrogens with one attached hydrogen (secondary N) is 2. The van der Waals surface area contributed by atoms with Gasteiger partial charge in [0, 0.05) is 20.2 Å². The van der Waals surface area contributed by atoms with Crippen LogP contribution in [-0.4, -0.2) is 37.1 Å². The van der Waals surface area contributed by atoms with E-state index in [4.69, 9.17) is 4.74 Å². The molecular formula is C14H18N2O5S3. The highest BCUT2D eigenvalue weighted by atomic mass is 32.2. The van der Waals surface area contributed by atoms with Gasteiger partial charge in [-0.3, -0.25) is 0 Å². The molecule has 0 saturated heterocycles. The predicted molar refractivity (Wildman–Crippen MR) is 91.9 cm³/mol. The summed E-state index contributed by atoms with van der Waals surface area (Å²) in [6.07, 6.45) is 0. The Labute approximate surface area is 145 Å². The largest absolute Gasteiger partial charge is 0.383 e. The zero-order valence-electron chi connectivity index (χ0n) is 12.9. The first-order chi connectivity index (χ1) is 11.3. The van der Waals surface area contributed by atoms with Crippen LogP contribution in [0.4, 0.5) is 0 Å². The highest BCUT2D eigenvalue weighted by molar-refractivity contribution is 7.91. The summed E-state index contributed by atoms with van der Waals surface area (Å²) < 4.78 is 58.0. The van der Waals surface area contributed by atoms with Gasteiger partial charge in [0.15, 0.2) is 0 Å². The van der Waals surface area contributed by atoms with Crippen LogP contribution in [0.15, 0.2) is 50.9 Å². The molecule has 0 aliphatic carbocycles. The summed E-state index contributed by atoms with van der Waals surface area (Å²) in [7, 11) is -5.65. The third-order valence-corrected chi connectivity index (χ3v) is 7.33. The third kappa shape index (κ3) is 5.10. The fourth-order valence-electron chi connectivity index (χ4n) is 1.81. The van der Waals surface area contributed by atoms with Crippen LogP contribution in [0.3, 0.4) is 0 Å². The van der Waals surface area contributed by atoms with Crippen molar-refractivity contribution in [2.24, 2.45) is 0 Å². The molecule has 0 saturated carbocycles. The van der Waals surface area contributed by atoms with Gasteiger partial charge in [-0.1, -0.05) is 18.2 Å². The van der Waals surface area contributed by atoms with E-state index in [0.29, 0.717) is 5.56 Å². The summed E-state index contributed by atoms with van der Waals surface area (Å²) in [5.41, 5.74) is 0.658. The van der Waals surface area contributed by atoms with Gasteiger partial charge < -0.3 is 4.74 Å². The highest BCUT2D eigenvalue weighted by Gasteiger charge is 2.16. The number of hydrogen-bond acceptors (Lipinski definition) is 6. The number of thiophene rings is 1. The van der Waals surface area contributed by atoms with E-state index < -0.39 is 20.0 Å². The van der Waals surface area contributed by atoms with Gasteiger partial charge in [-0.2, -0.15) is 0 Å². The number of ether oxygens (including phenoxy) is 1. The predicted octanol–water partition coefficient (Wildman–Crippen LogP) is 1.15. The first kappa shape index (κ1) is 19.0. The average molecular weight is 391 g/mol. The first-order valence-corrected chi connectivity index (χ1v) is 10.8. The van der Waals surface area contributed by atoms with Crippen molar-refractivity contribution >= 4 is 31.4 Å². The van der Waals surface area contributed by atoms with Crippen molar-refractivity contribution in [3.63, 3.8) is 0 Å². The molecule has 7 nitrogen and oxygen atoms in total. The molecule has 0 fully saturated rings. The lowest BCUT2D eigenvalue weighted by atomic mass is 10.2. The highest BCUT2D eigenvalue weighted by Crippen LogP contribution is 2.16. The second-order valence-electron chi connectivity index (χ2n) is 4.79. The van der Waals surface area contributed by atoms with Crippen LogP contribution in [0, 0.1) is 0 Å². The van der Waals surface area contributed by atoms with Crippen LogP contribution in [0.2, 0.25) is 0 Å². The number of methoxy groups -OCH3 is 1. The van der Waals surface area contributed by atoms with Crippen molar-refractivity contribution in [3.05, 3.63) is 47.3 Å². The Kier molecular flexibility index (Phi) is 6.49. The van der Waals surface area contributed by atoms with E-state index in [1.165, 1.54) is 25.3 Å². The lowest BCUT2D eigenvalue weighted by Crippen LogP contribution is -2.27. The molecule has 0 bridgehead atoms. The molecule has 10 heteroatoms. The van der Waals surface area contributed by atoms with Crippen molar-refractivity contribution in [3.8, 4) is 0 Å². The molecule has 1 aromatic carbocycles. The quantitative estimate of drug-likeness (QED) is 0.626. The lowest BCUT2D eigenvalue weighted by Gasteiger charge is -2.08. The van der Waals surface area contributed by atoms with E-state index in [2.05, 4.69) is 9.44 Å². The first-order valence-electron chi connectivity index (χ1n) is 6.96. The van der Waals surface area contributed by atoms with E-state index in [9.17, 15) is 16.8 Å². The van der Waals surface area contributed by atoms with Gasteiger partial charge in [0.05, 0.1) is 11.5 Å². The molecule has 0 unspecified atom stereocenters. The van der Waals surface area contributed by atoms with Gasteiger partial charge in [0.1, 0.15) is 4.21 Å². The van der Waals surface area contributed by atoms with E-state index >= 15 is 0 Å². The molecule has 24 heavy (non-hydrogen) atoms. The maximum absolute atomic E-state index is 12.0. The molecule has 2 N–H and O–H groups in total. The molecule has 1 heterocycles. The smallest absolute Gasteiger partial charge is 0.250 e.